The molecule has 1 aliphatic heterocycles. The molecule has 0 amide bonds. The molecule has 0 spiro atoms. The molecule has 1 aliphatic rings. The number of nitrogens with zero attached hydrogens (tertiary/aromatic N) is 1. The van der Waals surface area contributed by atoms with Gasteiger partial charge in [-0.15, -0.1) is 0 Å². The normalized spacial score (nSPS) is 18.0. The second-order valence-electron chi connectivity index (χ2n) is 5.34. The molecule has 3 rings (SSSR count). The van der Waals surface area contributed by atoms with Gasteiger partial charge >= 0.3 is 5.97 Å². The van der Waals surface area contributed by atoms with E-state index >= 15 is 0 Å². The van der Waals surface area contributed by atoms with Gasteiger partial charge in [-0.1, -0.05) is 30.3 Å². The lowest BCUT2D eigenvalue weighted by Gasteiger charge is -2.19. The topological polar surface area (TPSA) is 49.8 Å². The van der Waals surface area contributed by atoms with Gasteiger partial charge in [-0.25, -0.2) is 4.79 Å². The maximum absolute atomic E-state index is 11.8. The van der Waals surface area contributed by atoms with Crippen molar-refractivity contribution in [2.75, 3.05) is 19.0 Å². The van der Waals surface area contributed by atoms with E-state index in [1.807, 2.05) is 55.4 Å². The summed E-state index contributed by atoms with van der Waals surface area (Å²) in [6.45, 7) is 0. The first-order valence-electron chi connectivity index (χ1n) is 6.83. The number of fused-ring (bicyclic) bond motifs is 1. The zero-order valence-electron chi connectivity index (χ0n) is 12.0. The minimum atomic E-state index is -0.867. The van der Waals surface area contributed by atoms with Crippen molar-refractivity contribution >= 4 is 11.7 Å². The van der Waals surface area contributed by atoms with Crippen LogP contribution in [0.25, 0.3) is 0 Å². The van der Waals surface area contributed by atoms with Crippen molar-refractivity contribution in [1.82, 2.24) is 0 Å². The van der Waals surface area contributed by atoms with Gasteiger partial charge in [0.05, 0.1) is 5.56 Å². The summed E-state index contributed by atoms with van der Waals surface area (Å²) in [5.41, 5.74) is 3.06. The van der Waals surface area contributed by atoms with Crippen LogP contribution in [0, 0.1) is 0 Å². The Labute approximate surface area is 123 Å². The number of ether oxygens (including phenoxy) is 1. The number of hydrogen-bond acceptors (Lipinski definition) is 4. The van der Waals surface area contributed by atoms with Crippen molar-refractivity contribution in [2.24, 2.45) is 0 Å². The number of esters is 1. The number of cyclic esters (lactones) is 1. The van der Waals surface area contributed by atoms with E-state index in [1.54, 1.807) is 12.1 Å². The van der Waals surface area contributed by atoms with E-state index in [-0.39, 0.29) is 5.97 Å². The number of benzene rings is 2. The Kier molecular flexibility index (Phi) is 3.39. The van der Waals surface area contributed by atoms with Gasteiger partial charge in [0, 0.05) is 25.3 Å². The van der Waals surface area contributed by atoms with E-state index in [0.717, 1.165) is 16.8 Å². The van der Waals surface area contributed by atoms with Crippen LogP contribution in [0.5, 0.6) is 0 Å². The lowest BCUT2D eigenvalue weighted by Crippen LogP contribution is -2.12. The van der Waals surface area contributed by atoms with Crippen molar-refractivity contribution < 1.29 is 14.6 Å². The van der Waals surface area contributed by atoms with Crippen LogP contribution in [0.1, 0.15) is 33.7 Å². The summed E-state index contributed by atoms with van der Waals surface area (Å²) in [6, 6.07) is 14.8. The van der Waals surface area contributed by atoms with Crippen LogP contribution < -0.4 is 4.90 Å². The predicted octanol–water partition coefficient (Wildman–Crippen LogP) is 2.70. The van der Waals surface area contributed by atoms with Gasteiger partial charge in [-0.05, 0) is 23.8 Å². The molecule has 0 saturated heterocycles. The third kappa shape index (κ3) is 2.38. The van der Waals surface area contributed by atoms with E-state index in [0.29, 0.717) is 5.56 Å². The van der Waals surface area contributed by atoms with E-state index in [9.17, 15) is 9.90 Å². The molecular weight excluding hydrogens is 266 g/mol. The monoisotopic (exact) mass is 283 g/mol. The molecule has 2 aromatic carbocycles. The van der Waals surface area contributed by atoms with Crippen LogP contribution in [0.3, 0.4) is 0 Å². The van der Waals surface area contributed by atoms with Crippen LogP contribution in [-0.2, 0) is 4.74 Å². The van der Waals surface area contributed by atoms with Crippen LogP contribution in [0.2, 0.25) is 0 Å². The molecule has 21 heavy (non-hydrogen) atoms. The molecule has 0 radical (unpaired) electrons. The molecule has 108 valence electrons. The summed E-state index contributed by atoms with van der Waals surface area (Å²) in [4.78, 5) is 13.8. The van der Waals surface area contributed by atoms with Crippen molar-refractivity contribution in [3.05, 3.63) is 65.2 Å². The summed E-state index contributed by atoms with van der Waals surface area (Å²) in [5, 5.41) is 10.5. The summed E-state index contributed by atoms with van der Waals surface area (Å²) in [6.07, 6.45) is -1.51. The third-order valence-corrected chi connectivity index (χ3v) is 3.76. The average molecular weight is 283 g/mol. The average Bonchev–Trinajstić information content (AvgIpc) is 2.84. The summed E-state index contributed by atoms with van der Waals surface area (Å²) in [5.74, 6) is -0.375. The molecule has 0 aromatic heterocycles. The number of aliphatic hydroxyl groups is 1. The van der Waals surface area contributed by atoms with Crippen molar-refractivity contribution in [2.45, 2.75) is 12.2 Å². The maximum Gasteiger partial charge on any atom is 0.339 e. The Hall–Kier alpha value is -2.33. The molecule has 0 saturated carbocycles. The van der Waals surface area contributed by atoms with Crippen molar-refractivity contribution in [3.8, 4) is 0 Å². The smallest absolute Gasteiger partial charge is 0.339 e. The minimum absolute atomic E-state index is 0.375. The fourth-order valence-corrected chi connectivity index (χ4v) is 2.55. The van der Waals surface area contributed by atoms with Crippen LogP contribution in [-0.4, -0.2) is 25.2 Å². The van der Waals surface area contributed by atoms with Crippen LogP contribution in [0.15, 0.2) is 48.5 Å². The van der Waals surface area contributed by atoms with Crippen LogP contribution >= 0.6 is 0 Å². The van der Waals surface area contributed by atoms with Gasteiger partial charge < -0.3 is 14.7 Å². The van der Waals surface area contributed by atoms with Gasteiger partial charge in [0.1, 0.15) is 6.10 Å². The first kappa shape index (κ1) is 13.6. The van der Waals surface area contributed by atoms with Crippen molar-refractivity contribution in [1.29, 1.82) is 0 Å². The van der Waals surface area contributed by atoms with Gasteiger partial charge in [0.15, 0.2) is 6.10 Å². The number of carbonyl (C=O) groups is 1. The largest absolute Gasteiger partial charge is 0.451 e. The maximum atomic E-state index is 11.8. The number of carbonyl (C=O) groups excluding carboxylic acids is 1. The molecule has 2 aromatic rings. The zero-order chi connectivity index (χ0) is 15.0. The highest BCUT2D eigenvalue weighted by molar-refractivity contribution is 5.94. The van der Waals surface area contributed by atoms with E-state index in [2.05, 4.69) is 0 Å². The number of anilines is 1. The standard InChI is InChI=1S/C17H17NO3/c1-18(2)12-9-7-11(8-10-12)15(19)16-13-5-3-4-6-14(13)17(20)21-16/h3-10,15-16,19H,1-2H3/t15-,16-/m0/s1. The van der Waals surface area contributed by atoms with Gasteiger partial charge in [0.2, 0.25) is 0 Å². The minimum Gasteiger partial charge on any atom is -0.451 e. The Morgan fingerprint density at radius 1 is 1.10 bits per heavy atom. The highest BCUT2D eigenvalue weighted by Gasteiger charge is 2.36. The SMILES string of the molecule is CN(C)c1ccc([C@H](O)[C@H]2OC(=O)c3ccccc32)cc1. The summed E-state index contributed by atoms with van der Waals surface area (Å²) >= 11 is 0. The molecule has 0 unspecified atom stereocenters. The van der Waals surface area contributed by atoms with E-state index in [1.165, 1.54) is 0 Å². The fraction of sp³-hybridized carbons (Fsp3) is 0.235. The second kappa shape index (κ2) is 5.22. The molecule has 1 N–H and O–H groups in total. The summed E-state index contributed by atoms with van der Waals surface area (Å²) < 4.78 is 5.33. The first-order chi connectivity index (χ1) is 10.1. The van der Waals surface area contributed by atoms with Crippen molar-refractivity contribution in [3.63, 3.8) is 0 Å². The second-order valence-corrected chi connectivity index (χ2v) is 5.34. The highest BCUT2D eigenvalue weighted by Crippen LogP contribution is 2.39. The number of rotatable bonds is 3. The quantitative estimate of drug-likeness (QED) is 0.880. The number of aliphatic hydroxyl groups excluding tert-OH is 1. The van der Waals surface area contributed by atoms with E-state index < -0.39 is 12.2 Å². The fourth-order valence-electron chi connectivity index (χ4n) is 2.55. The molecule has 4 nitrogen and oxygen atoms in total. The Morgan fingerprint density at radius 2 is 1.76 bits per heavy atom. The van der Waals surface area contributed by atoms with Gasteiger partial charge in [-0.2, -0.15) is 0 Å². The zero-order valence-corrected chi connectivity index (χ0v) is 12.0. The lowest BCUT2D eigenvalue weighted by molar-refractivity contribution is -0.0102. The van der Waals surface area contributed by atoms with Gasteiger partial charge in [-0.3, -0.25) is 0 Å². The molecule has 0 bridgehead atoms. The van der Waals surface area contributed by atoms with E-state index in [4.69, 9.17) is 4.74 Å². The molecule has 0 aliphatic carbocycles. The Bertz CT molecular complexity index is 664. The lowest BCUT2D eigenvalue weighted by atomic mass is 9.96. The highest BCUT2D eigenvalue weighted by atomic mass is 16.6. The Balaban J connectivity index is 1.89. The third-order valence-electron chi connectivity index (χ3n) is 3.76. The summed E-state index contributed by atoms with van der Waals surface area (Å²) in [7, 11) is 3.92. The molecule has 4 heteroatoms. The molecular formula is C17H17NO3. The van der Waals surface area contributed by atoms with Crippen LogP contribution in [0.4, 0.5) is 5.69 Å². The predicted molar refractivity (Wildman–Crippen MR) is 80.3 cm³/mol. The molecule has 2 atom stereocenters. The molecule has 1 heterocycles. The number of hydrogen-bond donors (Lipinski definition) is 1. The van der Waals surface area contributed by atoms with Gasteiger partial charge in [0.25, 0.3) is 0 Å². The first-order valence-corrected chi connectivity index (χ1v) is 6.83. The Morgan fingerprint density at radius 3 is 2.43 bits per heavy atom. The molecule has 0 fully saturated rings.